The average Bonchev–Trinajstić information content (AvgIpc) is 2.89. The van der Waals surface area contributed by atoms with E-state index >= 15 is 0 Å². The largest absolute Gasteiger partial charge is 0.448 e. The Kier molecular flexibility index (Phi) is 7.85. The first-order valence-corrected chi connectivity index (χ1v) is 8.21. The first-order valence-electron chi connectivity index (χ1n) is 8.21. The SMILES string of the molecule is CCCCC(CC)c1coc(C(CCC)CCC)n1. The third-order valence-corrected chi connectivity index (χ3v) is 3.98. The zero-order valence-electron chi connectivity index (χ0n) is 13.2. The predicted molar refractivity (Wildman–Crippen MR) is 81.6 cm³/mol. The van der Waals surface area contributed by atoms with Crippen molar-refractivity contribution in [3.05, 3.63) is 17.8 Å². The number of aromatic nitrogens is 1. The summed E-state index contributed by atoms with van der Waals surface area (Å²) in [5.74, 6) is 2.09. The van der Waals surface area contributed by atoms with Crippen molar-refractivity contribution in [3.8, 4) is 0 Å². The van der Waals surface area contributed by atoms with Gasteiger partial charge >= 0.3 is 0 Å². The van der Waals surface area contributed by atoms with Crippen LogP contribution in [0.1, 0.15) is 102 Å². The fourth-order valence-corrected chi connectivity index (χ4v) is 2.78. The molecule has 19 heavy (non-hydrogen) atoms. The number of unbranched alkanes of at least 4 members (excludes halogenated alkanes) is 1. The summed E-state index contributed by atoms with van der Waals surface area (Å²) in [5, 5.41) is 0. The highest BCUT2D eigenvalue weighted by Gasteiger charge is 2.19. The molecular weight excluding hydrogens is 234 g/mol. The van der Waals surface area contributed by atoms with Gasteiger partial charge in [-0.2, -0.15) is 0 Å². The van der Waals surface area contributed by atoms with Gasteiger partial charge in [-0.3, -0.25) is 0 Å². The minimum Gasteiger partial charge on any atom is -0.448 e. The van der Waals surface area contributed by atoms with Gasteiger partial charge in [0.25, 0.3) is 0 Å². The molecule has 0 fully saturated rings. The third kappa shape index (κ3) is 5.00. The zero-order chi connectivity index (χ0) is 14.1. The van der Waals surface area contributed by atoms with Crippen LogP contribution in [0, 0.1) is 0 Å². The van der Waals surface area contributed by atoms with Gasteiger partial charge in [-0.15, -0.1) is 0 Å². The number of rotatable bonds is 10. The van der Waals surface area contributed by atoms with Gasteiger partial charge < -0.3 is 4.42 Å². The van der Waals surface area contributed by atoms with Crippen LogP contribution in [0.4, 0.5) is 0 Å². The van der Waals surface area contributed by atoms with Crippen molar-refractivity contribution in [1.82, 2.24) is 4.98 Å². The molecule has 2 nitrogen and oxygen atoms in total. The second-order valence-electron chi connectivity index (χ2n) is 5.63. The molecule has 0 spiro atoms. The molecule has 1 rings (SSSR count). The second-order valence-corrected chi connectivity index (χ2v) is 5.63. The van der Waals surface area contributed by atoms with E-state index < -0.39 is 0 Å². The molecule has 0 aliphatic carbocycles. The summed E-state index contributed by atoms with van der Waals surface area (Å²) in [5.41, 5.74) is 1.18. The molecule has 1 heterocycles. The number of oxazole rings is 1. The van der Waals surface area contributed by atoms with Crippen molar-refractivity contribution >= 4 is 0 Å². The maximum absolute atomic E-state index is 5.78. The highest BCUT2D eigenvalue weighted by Crippen LogP contribution is 2.30. The van der Waals surface area contributed by atoms with Crippen LogP contribution in [0.15, 0.2) is 10.7 Å². The summed E-state index contributed by atoms with van der Waals surface area (Å²) >= 11 is 0. The Bertz CT molecular complexity index is 326. The van der Waals surface area contributed by atoms with Gasteiger partial charge in [-0.25, -0.2) is 4.98 Å². The Hall–Kier alpha value is -0.790. The Morgan fingerprint density at radius 1 is 0.947 bits per heavy atom. The molecule has 1 atom stereocenters. The van der Waals surface area contributed by atoms with Crippen LogP contribution in [-0.2, 0) is 0 Å². The van der Waals surface area contributed by atoms with E-state index in [9.17, 15) is 0 Å². The van der Waals surface area contributed by atoms with E-state index in [4.69, 9.17) is 9.40 Å². The average molecular weight is 265 g/mol. The van der Waals surface area contributed by atoms with Crippen LogP contribution in [0.2, 0.25) is 0 Å². The van der Waals surface area contributed by atoms with Gasteiger partial charge in [0, 0.05) is 11.8 Å². The van der Waals surface area contributed by atoms with E-state index in [-0.39, 0.29) is 0 Å². The van der Waals surface area contributed by atoms with Crippen LogP contribution < -0.4 is 0 Å². The lowest BCUT2D eigenvalue weighted by molar-refractivity contribution is 0.410. The summed E-state index contributed by atoms with van der Waals surface area (Å²) in [4.78, 5) is 4.81. The predicted octanol–water partition coefficient (Wildman–Crippen LogP) is 6.04. The molecule has 0 saturated heterocycles. The molecule has 0 saturated carbocycles. The molecule has 0 N–H and O–H groups in total. The fourth-order valence-electron chi connectivity index (χ4n) is 2.78. The molecule has 0 amide bonds. The van der Waals surface area contributed by atoms with Crippen LogP contribution in [0.3, 0.4) is 0 Å². The lowest BCUT2D eigenvalue weighted by Gasteiger charge is -2.12. The summed E-state index contributed by atoms with van der Waals surface area (Å²) in [6, 6.07) is 0. The highest BCUT2D eigenvalue weighted by atomic mass is 16.3. The van der Waals surface area contributed by atoms with Gasteiger partial charge in [0.1, 0.15) is 6.26 Å². The number of hydrogen-bond acceptors (Lipinski definition) is 2. The molecule has 0 bridgehead atoms. The van der Waals surface area contributed by atoms with Gasteiger partial charge in [0.15, 0.2) is 5.89 Å². The summed E-state index contributed by atoms with van der Waals surface area (Å²) in [6.45, 7) is 8.98. The molecule has 0 aromatic carbocycles. The number of hydrogen-bond donors (Lipinski definition) is 0. The van der Waals surface area contributed by atoms with Crippen molar-refractivity contribution in [2.24, 2.45) is 0 Å². The Morgan fingerprint density at radius 2 is 1.63 bits per heavy atom. The van der Waals surface area contributed by atoms with Crippen molar-refractivity contribution in [2.45, 2.75) is 90.9 Å². The maximum atomic E-state index is 5.78. The summed E-state index contributed by atoms with van der Waals surface area (Å²) in [7, 11) is 0. The lowest BCUT2D eigenvalue weighted by Crippen LogP contribution is -2.02. The van der Waals surface area contributed by atoms with Crippen LogP contribution in [0.5, 0.6) is 0 Å². The first-order chi connectivity index (χ1) is 9.26. The highest BCUT2D eigenvalue weighted by molar-refractivity contribution is 5.06. The Balaban J connectivity index is 2.72. The minimum atomic E-state index is 0.521. The lowest BCUT2D eigenvalue weighted by atomic mass is 9.96. The molecule has 1 aromatic heterocycles. The van der Waals surface area contributed by atoms with E-state index in [1.165, 1.54) is 50.6 Å². The molecule has 0 radical (unpaired) electrons. The monoisotopic (exact) mass is 265 g/mol. The Morgan fingerprint density at radius 3 is 2.16 bits per heavy atom. The van der Waals surface area contributed by atoms with Gasteiger partial charge in [-0.05, 0) is 25.7 Å². The van der Waals surface area contributed by atoms with E-state index in [2.05, 4.69) is 27.7 Å². The van der Waals surface area contributed by atoms with Crippen molar-refractivity contribution in [1.29, 1.82) is 0 Å². The summed E-state index contributed by atoms with van der Waals surface area (Å²) < 4.78 is 5.78. The second kappa shape index (κ2) is 9.17. The Labute approximate surface area is 119 Å². The van der Waals surface area contributed by atoms with Crippen molar-refractivity contribution in [2.75, 3.05) is 0 Å². The molecule has 2 heteroatoms. The van der Waals surface area contributed by atoms with Gasteiger partial charge in [0.05, 0.1) is 5.69 Å². The minimum absolute atomic E-state index is 0.521. The summed E-state index contributed by atoms with van der Waals surface area (Å²) in [6.07, 6.45) is 11.7. The first kappa shape index (κ1) is 16.3. The van der Waals surface area contributed by atoms with E-state index in [1.807, 2.05) is 6.26 Å². The normalized spacial score (nSPS) is 13.1. The topological polar surface area (TPSA) is 26.0 Å². The third-order valence-electron chi connectivity index (χ3n) is 3.98. The molecular formula is C17H31NO. The molecule has 0 aliphatic rings. The van der Waals surface area contributed by atoms with Crippen LogP contribution in [-0.4, -0.2) is 4.98 Å². The van der Waals surface area contributed by atoms with E-state index in [0.717, 1.165) is 12.3 Å². The molecule has 0 aliphatic heterocycles. The van der Waals surface area contributed by atoms with E-state index in [0.29, 0.717) is 11.8 Å². The smallest absolute Gasteiger partial charge is 0.197 e. The number of nitrogens with zero attached hydrogens (tertiary/aromatic N) is 1. The van der Waals surface area contributed by atoms with E-state index in [1.54, 1.807) is 0 Å². The molecule has 1 aromatic rings. The zero-order valence-corrected chi connectivity index (χ0v) is 13.2. The van der Waals surface area contributed by atoms with Gasteiger partial charge in [0.2, 0.25) is 0 Å². The molecule has 110 valence electrons. The molecule has 1 unspecified atom stereocenters. The van der Waals surface area contributed by atoms with Crippen LogP contribution in [0.25, 0.3) is 0 Å². The standard InChI is InChI=1S/C17H31NO/c1-5-9-12-14(8-4)16-13-19-17(18-16)15(10-6-2)11-7-3/h13-15H,5-12H2,1-4H3. The van der Waals surface area contributed by atoms with Crippen LogP contribution >= 0.6 is 0 Å². The fraction of sp³-hybridized carbons (Fsp3) is 0.824. The van der Waals surface area contributed by atoms with Crippen molar-refractivity contribution in [3.63, 3.8) is 0 Å². The maximum Gasteiger partial charge on any atom is 0.197 e. The quantitative estimate of drug-likeness (QED) is 0.515. The van der Waals surface area contributed by atoms with Gasteiger partial charge in [-0.1, -0.05) is 53.4 Å². The van der Waals surface area contributed by atoms with Crippen molar-refractivity contribution < 1.29 is 4.42 Å².